The second-order valence-corrected chi connectivity index (χ2v) is 7.73. The molecule has 0 radical (unpaired) electrons. The Morgan fingerprint density at radius 2 is 1.29 bits per heavy atom. The topological polar surface area (TPSA) is 92.3 Å². The Bertz CT molecular complexity index is 382. The standard InChI is InChI=1S/C15H33NO7S/c1-15(2,3)23-24(17,18)14-6-16-5-7-20-10-11-22-13-12-21-9-8-19-4/h16H,5-14H2,1-4H3. The van der Waals surface area contributed by atoms with Gasteiger partial charge in [0.2, 0.25) is 0 Å². The predicted octanol–water partition coefficient (Wildman–Crippen LogP) is 0.417. The van der Waals surface area contributed by atoms with E-state index in [1.165, 1.54) is 0 Å². The lowest BCUT2D eigenvalue weighted by molar-refractivity contribution is 0.00414. The molecule has 1 N–H and O–H groups in total. The minimum Gasteiger partial charge on any atom is -0.382 e. The van der Waals surface area contributed by atoms with Crippen molar-refractivity contribution < 1.29 is 31.5 Å². The van der Waals surface area contributed by atoms with Crippen LogP contribution in [0.5, 0.6) is 0 Å². The molecule has 0 heterocycles. The third-order valence-corrected chi connectivity index (χ3v) is 3.96. The molecule has 0 aliphatic carbocycles. The number of nitrogens with one attached hydrogen (secondary N) is 1. The van der Waals surface area contributed by atoms with Crippen LogP contribution in [0, 0.1) is 0 Å². The van der Waals surface area contributed by atoms with E-state index >= 15 is 0 Å². The molecule has 8 nitrogen and oxygen atoms in total. The lowest BCUT2D eigenvalue weighted by Crippen LogP contribution is -2.31. The fourth-order valence-electron chi connectivity index (χ4n) is 1.57. The highest BCUT2D eigenvalue weighted by Gasteiger charge is 2.21. The summed E-state index contributed by atoms with van der Waals surface area (Å²) in [6.45, 7) is 9.73. The van der Waals surface area contributed by atoms with Gasteiger partial charge in [-0.2, -0.15) is 8.42 Å². The van der Waals surface area contributed by atoms with E-state index < -0.39 is 15.7 Å². The molecule has 0 aliphatic heterocycles. The van der Waals surface area contributed by atoms with Crippen molar-refractivity contribution in [2.45, 2.75) is 26.4 Å². The lowest BCUT2D eigenvalue weighted by atomic mass is 10.2. The van der Waals surface area contributed by atoms with Crippen LogP contribution >= 0.6 is 0 Å². The smallest absolute Gasteiger partial charge is 0.269 e. The summed E-state index contributed by atoms with van der Waals surface area (Å²) in [6, 6.07) is 0. The van der Waals surface area contributed by atoms with Crippen molar-refractivity contribution in [3.05, 3.63) is 0 Å². The Hall–Kier alpha value is -0.290. The Labute approximate surface area is 146 Å². The average Bonchev–Trinajstić information content (AvgIpc) is 2.45. The molecule has 0 fully saturated rings. The predicted molar refractivity (Wildman–Crippen MR) is 91.8 cm³/mol. The van der Waals surface area contributed by atoms with Crippen molar-refractivity contribution in [1.82, 2.24) is 5.32 Å². The van der Waals surface area contributed by atoms with Crippen LogP contribution in [-0.2, 0) is 33.2 Å². The zero-order valence-corrected chi connectivity index (χ0v) is 16.2. The first-order valence-corrected chi connectivity index (χ1v) is 9.71. The molecule has 9 heteroatoms. The van der Waals surface area contributed by atoms with E-state index in [2.05, 4.69) is 5.32 Å². The third-order valence-electron chi connectivity index (χ3n) is 2.50. The number of hydrogen-bond acceptors (Lipinski definition) is 8. The first kappa shape index (κ1) is 23.7. The van der Waals surface area contributed by atoms with Gasteiger partial charge in [0.1, 0.15) is 0 Å². The SMILES string of the molecule is COCCOCCOCCOCCNCCS(=O)(=O)OC(C)(C)C. The molecule has 24 heavy (non-hydrogen) atoms. The Balaban J connectivity index is 3.31. The number of ether oxygens (including phenoxy) is 4. The van der Waals surface area contributed by atoms with Crippen LogP contribution in [0.15, 0.2) is 0 Å². The zero-order valence-electron chi connectivity index (χ0n) is 15.3. The van der Waals surface area contributed by atoms with Gasteiger partial charge in [0.15, 0.2) is 0 Å². The van der Waals surface area contributed by atoms with E-state index in [0.717, 1.165) is 0 Å². The van der Waals surface area contributed by atoms with Crippen molar-refractivity contribution in [2.75, 3.05) is 72.2 Å². The summed E-state index contributed by atoms with van der Waals surface area (Å²) in [7, 11) is -1.87. The van der Waals surface area contributed by atoms with Crippen LogP contribution in [0.4, 0.5) is 0 Å². The van der Waals surface area contributed by atoms with E-state index in [-0.39, 0.29) is 5.75 Å². The molecule has 0 saturated carbocycles. The molecule has 0 aliphatic rings. The average molecular weight is 371 g/mol. The monoisotopic (exact) mass is 371 g/mol. The number of hydrogen-bond donors (Lipinski definition) is 1. The molecule has 0 aromatic rings. The van der Waals surface area contributed by atoms with Gasteiger partial charge in [-0.3, -0.25) is 4.18 Å². The summed E-state index contributed by atoms with van der Waals surface area (Å²) in [6.07, 6.45) is 0. The van der Waals surface area contributed by atoms with Crippen LogP contribution in [0.3, 0.4) is 0 Å². The van der Waals surface area contributed by atoms with Crippen LogP contribution in [0.1, 0.15) is 20.8 Å². The largest absolute Gasteiger partial charge is 0.382 e. The zero-order chi connectivity index (χ0) is 18.3. The molecular weight excluding hydrogens is 338 g/mol. The molecule has 0 rings (SSSR count). The first-order chi connectivity index (χ1) is 11.3. The molecule has 0 aromatic carbocycles. The van der Waals surface area contributed by atoms with Crippen molar-refractivity contribution >= 4 is 10.1 Å². The second kappa shape index (κ2) is 13.9. The van der Waals surface area contributed by atoms with Gasteiger partial charge in [-0.05, 0) is 20.8 Å². The first-order valence-electron chi connectivity index (χ1n) is 8.13. The maximum Gasteiger partial charge on any atom is 0.269 e. The van der Waals surface area contributed by atoms with Crippen LogP contribution in [0.2, 0.25) is 0 Å². The van der Waals surface area contributed by atoms with E-state index in [1.54, 1.807) is 27.9 Å². The van der Waals surface area contributed by atoms with Gasteiger partial charge in [-0.25, -0.2) is 0 Å². The summed E-state index contributed by atoms with van der Waals surface area (Å²) in [5, 5.41) is 3.00. The molecule has 0 atom stereocenters. The van der Waals surface area contributed by atoms with Crippen molar-refractivity contribution in [3.63, 3.8) is 0 Å². The fraction of sp³-hybridized carbons (Fsp3) is 1.00. The normalized spacial score (nSPS) is 12.7. The maximum absolute atomic E-state index is 11.6. The molecule has 0 spiro atoms. The molecular formula is C15H33NO7S. The Morgan fingerprint density at radius 3 is 1.79 bits per heavy atom. The van der Waals surface area contributed by atoms with Crippen LogP contribution in [0.25, 0.3) is 0 Å². The summed E-state index contributed by atoms with van der Waals surface area (Å²) in [5.74, 6) is -0.0591. The van der Waals surface area contributed by atoms with Gasteiger partial charge in [-0.15, -0.1) is 0 Å². The third kappa shape index (κ3) is 18.1. The summed E-state index contributed by atoms with van der Waals surface area (Å²) < 4.78 is 49.1. The van der Waals surface area contributed by atoms with Crippen molar-refractivity contribution in [3.8, 4) is 0 Å². The van der Waals surface area contributed by atoms with Gasteiger partial charge < -0.3 is 24.3 Å². The van der Waals surface area contributed by atoms with Crippen molar-refractivity contribution in [1.29, 1.82) is 0 Å². The molecule has 0 amide bonds. The van der Waals surface area contributed by atoms with Crippen molar-refractivity contribution in [2.24, 2.45) is 0 Å². The maximum atomic E-state index is 11.6. The van der Waals surface area contributed by atoms with Gasteiger partial charge in [0.25, 0.3) is 10.1 Å². The summed E-state index contributed by atoms with van der Waals surface area (Å²) >= 11 is 0. The van der Waals surface area contributed by atoms with Gasteiger partial charge >= 0.3 is 0 Å². The Kier molecular flexibility index (Phi) is 13.8. The fourth-order valence-corrected chi connectivity index (χ4v) is 2.81. The minimum absolute atomic E-state index is 0.0591. The molecule has 0 unspecified atom stereocenters. The van der Waals surface area contributed by atoms with Gasteiger partial charge in [-0.1, -0.05) is 0 Å². The van der Waals surface area contributed by atoms with E-state index in [9.17, 15) is 8.42 Å². The molecule has 146 valence electrons. The van der Waals surface area contributed by atoms with Gasteiger partial charge in [0.05, 0.1) is 57.6 Å². The van der Waals surface area contributed by atoms with Gasteiger partial charge in [0, 0.05) is 20.2 Å². The second-order valence-electron chi connectivity index (χ2n) is 6.04. The quantitative estimate of drug-likeness (QED) is 0.308. The van der Waals surface area contributed by atoms with E-state index in [0.29, 0.717) is 59.3 Å². The highest BCUT2D eigenvalue weighted by Crippen LogP contribution is 2.11. The highest BCUT2D eigenvalue weighted by molar-refractivity contribution is 7.86. The van der Waals surface area contributed by atoms with E-state index in [1.807, 2.05) is 0 Å². The van der Waals surface area contributed by atoms with Crippen LogP contribution in [-0.4, -0.2) is 86.2 Å². The lowest BCUT2D eigenvalue weighted by Gasteiger charge is -2.18. The summed E-state index contributed by atoms with van der Waals surface area (Å²) in [5.41, 5.74) is -0.698. The molecule has 0 saturated heterocycles. The number of methoxy groups -OCH3 is 1. The van der Waals surface area contributed by atoms with E-state index in [4.69, 9.17) is 23.1 Å². The molecule has 0 bridgehead atoms. The minimum atomic E-state index is -3.50. The number of rotatable bonds is 16. The summed E-state index contributed by atoms with van der Waals surface area (Å²) in [4.78, 5) is 0. The molecule has 0 aromatic heterocycles. The highest BCUT2D eigenvalue weighted by atomic mass is 32.2. The Morgan fingerprint density at radius 1 is 0.792 bits per heavy atom. The van der Waals surface area contributed by atoms with Crippen LogP contribution < -0.4 is 5.32 Å².